The van der Waals surface area contributed by atoms with E-state index in [1.165, 1.54) is 19.1 Å². The molecule has 1 aromatic rings. The number of nitrogens with one attached hydrogen (secondary N) is 1. The molecule has 0 unspecified atom stereocenters. The van der Waals surface area contributed by atoms with Gasteiger partial charge in [0.15, 0.2) is 11.5 Å². The molecular weight excluding hydrogens is 428 g/mol. The Morgan fingerprint density at radius 2 is 1.73 bits per heavy atom. The third-order valence-electron chi connectivity index (χ3n) is 5.82. The number of anilines is 1. The van der Waals surface area contributed by atoms with Crippen LogP contribution in [0.15, 0.2) is 12.1 Å². The van der Waals surface area contributed by atoms with E-state index in [9.17, 15) is 14.4 Å². The summed E-state index contributed by atoms with van der Waals surface area (Å²) in [5, 5.41) is 3.06. The lowest BCUT2D eigenvalue weighted by Crippen LogP contribution is -2.48. The van der Waals surface area contributed by atoms with Gasteiger partial charge in [-0.3, -0.25) is 19.3 Å². The molecule has 3 atom stereocenters. The van der Waals surface area contributed by atoms with Gasteiger partial charge in [-0.05, 0) is 31.3 Å². The number of likely N-dealkylation sites (tertiary alicyclic amines) is 1. The highest BCUT2D eigenvalue weighted by Gasteiger charge is 2.51. The maximum Gasteiger partial charge on any atom is 0.247 e. The van der Waals surface area contributed by atoms with Crippen LogP contribution in [-0.4, -0.2) is 54.9 Å². The maximum atomic E-state index is 13.2. The van der Waals surface area contributed by atoms with Crippen LogP contribution < -0.4 is 14.8 Å². The van der Waals surface area contributed by atoms with Crippen molar-refractivity contribution >= 4 is 46.8 Å². The number of amides is 3. The molecule has 0 bridgehead atoms. The van der Waals surface area contributed by atoms with Crippen molar-refractivity contribution < 1.29 is 23.9 Å². The lowest BCUT2D eigenvalue weighted by Gasteiger charge is -2.26. The van der Waals surface area contributed by atoms with Crippen LogP contribution in [0.4, 0.5) is 5.69 Å². The number of rotatable bonds is 8. The molecule has 1 heterocycles. The second-order valence-electron chi connectivity index (χ2n) is 7.52. The minimum absolute atomic E-state index is 0.218. The van der Waals surface area contributed by atoms with Crippen LogP contribution in [0.5, 0.6) is 11.5 Å². The lowest BCUT2D eigenvalue weighted by molar-refractivity contribution is -0.146. The first-order valence-corrected chi connectivity index (χ1v) is 11.8. The first-order chi connectivity index (χ1) is 14.4. The first kappa shape index (κ1) is 22.7. The quantitative estimate of drug-likeness (QED) is 0.604. The van der Waals surface area contributed by atoms with Crippen molar-refractivity contribution in [2.45, 2.75) is 38.1 Å². The minimum atomic E-state index is -0.868. The molecule has 1 N–H and O–H groups in total. The number of nitrogens with zero attached hydrogens (tertiary/aromatic N) is 1. The van der Waals surface area contributed by atoms with Crippen LogP contribution in [0.1, 0.15) is 32.1 Å². The third kappa shape index (κ3) is 4.39. The van der Waals surface area contributed by atoms with E-state index in [4.69, 9.17) is 21.1 Å². The number of carbonyl (C=O) groups excluding carboxylic acids is 3. The van der Waals surface area contributed by atoms with Crippen molar-refractivity contribution in [2.24, 2.45) is 11.8 Å². The Hall–Kier alpha value is -1.93. The number of benzene rings is 1. The second kappa shape index (κ2) is 9.92. The number of halogens is 1. The number of hydrogen-bond acceptors (Lipinski definition) is 6. The molecule has 1 saturated heterocycles. The summed E-state index contributed by atoms with van der Waals surface area (Å²) >= 11 is 7.87. The average molecular weight is 455 g/mol. The summed E-state index contributed by atoms with van der Waals surface area (Å²) in [6.07, 6.45) is 5.62. The summed E-state index contributed by atoms with van der Waals surface area (Å²) < 4.78 is 10.5. The van der Waals surface area contributed by atoms with Crippen molar-refractivity contribution in [3.8, 4) is 11.5 Å². The molecule has 1 aromatic carbocycles. The highest BCUT2D eigenvalue weighted by Crippen LogP contribution is 2.40. The summed E-state index contributed by atoms with van der Waals surface area (Å²) in [5.41, 5.74) is 0.338. The van der Waals surface area contributed by atoms with Gasteiger partial charge in [0.1, 0.15) is 6.04 Å². The fourth-order valence-electron chi connectivity index (χ4n) is 4.27. The van der Waals surface area contributed by atoms with Crippen molar-refractivity contribution in [1.82, 2.24) is 4.90 Å². The van der Waals surface area contributed by atoms with E-state index in [1.54, 1.807) is 23.9 Å². The van der Waals surface area contributed by atoms with Crippen molar-refractivity contribution in [2.75, 3.05) is 31.5 Å². The van der Waals surface area contributed by atoms with Crippen LogP contribution in [0.2, 0.25) is 5.02 Å². The zero-order valence-corrected chi connectivity index (χ0v) is 19.0. The highest BCUT2D eigenvalue weighted by atomic mass is 35.5. The van der Waals surface area contributed by atoms with Crippen LogP contribution in [0.3, 0.4) is 0 Å². The van der Waals surface area contributed by atoms with E-state index in [0.717, 1.165) is 12.8 Å². The zero-order chi connectivity index (χ0) is 21.8. The highest BCUT2D eigenvalue weighted by molar-refractivity contribution is 7.98. The Kier molecular flexibility index (Phi) is 7.52. The molecule has 2 aliphatic rings. The van der Waals surface area contributed by atoms with Crippen molar-refractivity contribution in [1.29, 1.82) is 0 Å². The van der Waals surface area contributed by atoms with E-state index >= 15 is 0 Å². The van der Waals surface area contributed by atoms with Gasteiger partial charge in [-0.1, -0.05) is 24.4 Å². The average Bonchev–Trinajstić information content (AvgIpc) is 3.00. The molecule has 0 spiro atoms. The molecule has 0 radical (unpaired) electrons. The fourth-order valence-corrected chi connectivity index (χ4v) is 4.93. The SMILES string of the molecule is COc1cc(Cl)c(NC(=O)[C@H](CCSC)N2C(=O)[C@@H]3CCCC[C@H]3C2=O)cc1OC. The number of ether oxygens (including phenoxy) is 2. The molecule has 1 saturated carbocycles. The van der Waals surface area contributed by atoms with Crippen LogP contribution in [0.25, 0.3) is 0 Å². The largest absolute Gasteiger partial charge is 0.493 e. The van der Waals surface area contributed by atoms with Gasteiger partial charge in [0.05, 0.1) is 36.8 Å². The van der Waals surface area contributed by atoms with Gasteiger partial charge in [0.25, 0.3) is 0 Å². The Morgan fingerprint density at radius 3 is 2.27 bits per heavy atom. The molecule has 30 heavy (non-hydrogen) atoms. The van der Waals surface area contributed by atoms with E-state index in [1.807, 2.05) is 6.26 Å². The van der Waals surface area contributed by atoms with Gasteiger partial charge >= 0.3 is 0 Å². The number of imide groups is 1. The molecule has 164 valence electrons. The van der Waals surface area contributed by atoms with Gasteiger partial charge in [-0.2, -0.15) is 11.8 Å². The Bertz CT molecular complexity index is 810. The summed E-state index contributed by atoms with van der Waals surface area (Å²) in [5.74, 6) is 0.0447. The van der Waals surface area contributed by atoms with E-state index in [0.29, 0.717) is 42.2 Å². The second-order valence-corrected chi connectivity index (χ2v) is 8.91. The number of fused-ring (bicyclic) bond motifs is 1. The smallest absolute Gasteiger partial charge is 0.247 e. The molecule has 7 nitrogen and oxygen atoms in total. The summed E-state index contributed by atoms with van der Waals surface area (Å²) in [4.78, 5) is 40.5. The first-order valence-electron chi connectivity index (χ1n) is 10.0. The normalized spacial score (nSPS) is 21.9. The molecule has 3 rings (SSSR count). The van der Waals surface area contributed by atoms with E-state index < -0.39 is 11.9 Å². The molecule has 0 aromatic heterocycles. The minimum Gasteiger partial charge on any atom is -0.493 e. The fraction of sp³-hybridized carbons (Fsp3) is 0.571. The van der Waals surface area contributed by atoms with E-state index in [2.05, 4.69) is 5.32 Å². The maximum absolute atomic E-state index is 13.2. The number of methoxy groups -OCH3 is 2. The molecule has 9 heteroatoms. The Balaban J connectivity index is 1.86. The topological polar surface area (TPSA) is 84.9 Å². The van der Waals surface area contributed by atoms with Crippen LogP contribution in [0, 0.1) is 11.8 Å². The molecule has 1 aliphatic carbocycles. The third-order valence-corrected chi connectivity index (χ3v) is 6.77. The van der Waals surface area contributed by atoms with Crippen LogP contribution in [-0.2, 0) is 14.4 Å². The zero-order valence-electron chi connectivity index (χ0n) is 17.4. The standard InChI is InChI=1S/C21H27ClN2O5S/c1-28-17-10-14(22)15(11-18(17)29-2)23-19(25)16(8-9-30-3)24-20(26)12-6-4-5-7-13(12)21(24)27/h10-13,16H,4-9H2,1-3H3,(H,23,25)/t12-,13-,16+/m1/s1. The van der Waals surface area contributed by atoms with Gasteiger partial charge < -0.3 is 14.8 Å². The van der Waals surface area contributed by atoms with Crippen molar-refractivity contribution in [3.05, 3.63) is 17.2 Å². The number of carbonyl (C=O) groups is 3. The van der Waals surface area contributed by atoms with E-state index in [-0.39, 0.29) is 28.7 Å². The molecule has 1 aliphatic heterocycles. The molecule has 2 fully saturated rings. The van der Waals surface area contributed by atoms with Crippen LogP contribution >= 0.6 is 23.4 Å². The van der Waals surface area contributed by atoms with Crippen molar-refractivity contribution in [3.63, 3.8) is 0 Å². The predicted molar refractivity (Wildman–Crippen MR) is 117 cm³/mol. The van der Waals surface area contributed by atoms with Gasteiger partial charge in [-0.25, -0.2) is 0 Å². The van der Waals surface area contributed by atoms with Gasteiger partial charge in [0, 0.05) is 12.1 Å². The Morgan fingerprint density at radius 1 is 1.17 bits per heavy atom. The molecule has 3 amide bonds. The lowest BCUT2D eigenvalue weighted by atomic mass is 9.81. The van der Waals surface area contributed by atoms with Gasteiger partial charge in [-0.15, -0.1) is 0 Å². The molecular formula is C21H27ClN2O5S. The summed E-state index contributed by atoms with van der Waals surface area (Å²) in [7, 11) is 2.98. The number of thioether (sulfide) groups is 1. The monoisotopic (exact) mass is 454 g/mol. The Labute approximate surface area is 185 Å². The summed E-state index contributed by atoms with van der Waals surface area (Å²) in [6.45, 7) is 0. The predicted octanol–water partition coefficient (Wildman–Crippen LogP) is 3.59. The van der Waals surface area contributed by atoms with Gasteiger partial charge in [0.2, 0.25) is 17.7 Å². The summed E-state index contributed by atoms with van der Waals surface area (Å²) in [6, 6.07) is 2.25. The number of hydrogen-bond donors (Lipinski definition) is 1.